The topological polar surface area (TPSA) is 39.3 Å². The quantitative estimate of drug-likeness (QED) is 0.939. The first-order chi connectivity index (χ1) is 10.2. The molecule has 3 rings (SSSR count). The average Bonchev–Trinajstić information content (AvgIpc) is 2.92. The highest BCUT2D eigenvalue weighted by molar-refractivity contribution is 5.89. The molecule has 1 aromatic carbocycles. The summed E-state index contributed by atoms with van der Waals surface area (Å²) in [5, 5.41) is 0.801. The number of nitrogens with zero attached hydrogens (tertiary/aromatic N) is 2. The number of halogens is 1. The number of piperazine rings is 1. The fourth-order valence-corrected chi connectivity index (χ4v) is 2.91. The van der Waals surface area contributed by atoms with E-state index in [2.05, 4.69) is 16.8 Å². The predicted molar refractivity (Wildman–Crippen MR) is 80.7 cm³/mol. The van der Waals surface area contributed by atoms with E-state index in [-0.39, 0.29) is 11.7 Å². The SMILES string of the molecule is CCN1CCN(C(=O)Cc2c[nH]c3c(F)cccc23)CC1. The molecule has 1 aromatic heterocycles. The van der Waals surface area contributed by atoms with Crippen LogP contribution < -0.4 is 0 Å². The van der Waals surface area contributed by atoms with Crippen LogP contribution in [-0.2, 0) is 11.2 Å². The first-order valence-electron chi connectivity index (χ1n) is 7.43. The lowest BCUT2D eigenvalue weighted by atomic mass is 10.1. The highest BCUT2D eigenvalue weighted by Gasteiger charge is 2.21. The molecule has 0 spiro atoms. The first kappa shape index (κ1) is 14.1. The van der Waals surface area contributed by atoms with Gasteiger partial charge in [-0.05, 0) is 18.2 Å². The molecule has 0 saturated carbocycles. The Morgan fingerprint density at radius 1 is 1.29 bits per heavy atom. The molecule has 1 N–H and O–H groups in total. The maximum atomic E-state index is 13.6. The summed E-state index contributed by atoms with van der Waals surface area (Å²) in [5.74, 6) is -0.154. The van der Waals surface area contributed by atoms with E-state index in [0.717, 1.165) is 43.7 Å². The molecule has 1 amide bonds. The van der Waals surface area contributed by atoms with Gasteiger partial charge in [-0.15, -0.1) is 0 Å². The number of aromatic nitrogens is 1. The number of carbonyl (C=O) groups excluding carboxylic acids is 1. The van der Waals surface area contributed by atoms with Gasteiger partial charge in [0, 0.05) is 37.8 Å². The second-order valence-electron chi connectivity index (χ2n) is 5.47. The lowest BCUT2D eigenvalue weighted by Gasteiger charge is -2.34. The molecule has 5 heteroatoms. The standard InChI is InChI=1S/C16H20FN3O/c1-2-19-6-8-20(9-7-19)15(21)10-12-11-18-16-13(12)4-3-5-14(16)17/h3-5,11,18H,2,6-10H2,1H3. The maximum absolute atomic E-state index is 13.6. The number of benzene rings is 1. The Labute approximate surface area is 123 Å². The number of hydrogen-bond donors (Lipinski definition) is 1. The van der Waals surface area contributed by atoms with Crippen molar-refractivity contribution in [3.63, 3.8) is 0 Å². The monoisotopic (exact) mass is 289 g/mol. The molecule has 1 aliphatic heterocycles. The zero-order valence-corrected chi connectivity index (χ0v) is 12.2. The molecule has 0 atom stereocenters. The average molecular weight is 289 g/mol. The molecule has 4 nitrogen and oxygen atoms in total. The van der Waals surface area contributed by atoms with Gasteiger partial charge in [0.2, 0.25) is 5.91 Å². The highest BCUT2D eigenvalue weighted by atomic mass is 19.1. The van der Waals surface area contributed by atoms with Crippen LogP contribution in [0.4, 0.5) is 4.39 Å². The van der Waals surface area contributed by atoms with Crippen molar-refractivity contribution in [1.29, 1.82) is 0 Å². The van der Waals surface area contributed by atoms with Gasteiger partial charge < -0.3 is 14.8 Å². The van der Waals surface area contributed by atoms with Gasteiger partial charge in [-0.1, -0.05) is 19.1 Å². The third-order valence-corrected chi connectivity index (χ3v) is 4.26. The second-order valence-corrected chi connectivity index (χ2v) is 5.47. The Morgan fingerprint density at radius 3 is 2.76 bits per heavy atom. The fourth-order valence-electron chi connectivity index (χ4n) is 2.91. The summed E-state index contributed by atoms with van der Waals surface area (Å²) in [4.78, 5) is 19.6. The highest BCUT2D eigenvalue weighted by Crippen LogP contribution is 2.21. The number of likely N-dealkylation sites (N-methyl/N-ethyl adjacent to an activating group) is 1. The van der Waals surface area contributed by atoms with Crippen molar-refractivity contribution in [2.24, 2.45) is 0 Å². The molecule has 1 fully saturated rings. The van der Waals surface area contributed by atoms with Crippen molar-refractivity contribution in [1.82, 2.24) is 14.8 Å². The number of nitrogens with one attached hydrogen (secondary N) is 1. The number of fused-ring (bicyclic) bond motifs is 1. The van der Waals surface area contributed by atoms with E-state index in [9.17, 15) is 9.18 Å². The van der Waals surface area contributed by atoms with Gasteiger partial charge in [-0.25, -0.2) is 4.39 Å². The van der Waals surface area contributed by atoms with Crippen LogP contribution in [0.15, 0.2) is 24.4 Å². The lowest BCUT2D eigenvalue weighted by molar-refractivity contribution is -0.132. The number of para-hydroxylation sites is 1. The van der Waals surface area contributed by atoms with Crippen LogP contribution >= 0.6 is 0 Å². The number of rotatable bonds is 3. The number of H-pyrrole nitrogens is 1. The Balaban J connectivity index is 1.71. The normalized spacial score (nSPS) is 16.6. The molecule has 2 aromatic rings. The van der Waals surface area contributed by atoms with Crippen molar-refractivity contribution >= 4 is 16.8 Å². The summed E-state index contributed by atoms with van der Waals surface area (Å²) in [6, 6.07) is 4.96. The van der Waals surface area contributed by atoms with Crippen molar-refractivity contribution in [3.05, 3.63) is 35.8 Å². The van der Waals surface area contributed by atoms with Crippen LogP contribution in [0.3, 0.4) is 0 Å². The van der Waals surface area contributed by atoms with Gasteiger partial charge in [0.05, 0.1) is 11.9 Å². The molecule has 112 valence electrons. The van der Waals surface area contributed by atoms with Crippen molar-refractivity contribution < 1.29 is 9.18 Å². The second kappa shape index (κ2) is 5.85. The fraction of sp³-hybridized carbons (Fsp3) is 0.438. The number of hydrogen-bond acceptors (Lipinski definition) is 2. The number of aromatic amines is 1. The van der Waals surface area contributed by atoms with Crippen molar-refractivity contribution in [2.45, 2.75) is 13.3 Å². The number of carbonyl (C=O) groups is 1. The summed E-state index contributed by atoms with van der Waals surface area (Å²) < 4.78 is 13.6. The Morgan fingerprint density at radius 2 is 2.05 bits per heavy atom. The van der Waals surface area contributed by atoms with Crippen LogP contribution in [0, 0.1) is 5.82 Å². The zero-order valence-electron chi connectivity index (χ0n) is 12.2. The summed E-state index contributed by atoms with van der Waals surface area (Å²) in [7, 11) is 0. The maximum Gasteiger partial charge on any atom is 0.227 e. The summed E-state index contributed by atoms with van der Waals surface area (Å²) in [6.45, 7) is 6.60. The largest absolute Gasteiger partial charge is 0.359 e. The molecule has 0 radical (unpaired) electrons. The summed E-state index contributed by atoms with van der Waals surface area (Å²) in [5.41, 5.74) is 1.35. The molecule has 0 aliphatic carbocycles. The van der Waals surface area contributed by atoms with Gasteiger partial charge >= 0.3 is 0 Å². The molecular weight excluding hydrogens is 269 g/mol. The van der Waals surface area contributed by atoms with E-state index in [0.29, 0.717) is 11.9 Å². The first-order valence-corrected chi connectivity index (χ1v) is 7.43. The van der Waals surface area contributed by atoms with Crippen molar-refractivity contribution in [2.75, 3.05) is 32.7 Å². The molecular formula is C16H20FN3O. The minimum absolute atomic E-state index is 0.121. The Hall–Kier alpha value is -1.88. The predicted octanol–water partition coefficient (Wildman–Crippen LogP) is 2.01. The van der Waals surface area contributed by atoms with Crippen LogP contribution in [0.2, 0.25) is 0 Å². The molecule has 2 heterocycles. The molecule has 21 heavy (non-hydrogen) atoms. The Kier molecular flexibility index (Phi) is 3.92. The summed E-state index contributed by atoms with van der Waals surface area (Å²) in [6.07, 6.45) is 2.07. The minimum Gasteiger partial charge on any atom is -0.359 e. The number of amides is 1. The van der Waals surface area contributed by atoms with Gasteiger partial charge in [0.1, 0.15) is 5.82 Å². The van der Waals surface area contributed by atoms with E-state index >= 15 is 0 Å². The van der Waals surface area contributed by atoms with E-state index in [1.165, 1.54) is 6.07 Å². The van der Waals surface area contributed by atoms with Gasteiger partial charge in [0.15, 0.2) is 0 Å². The van der Waals surface area contributed by atoms with Crippen LogP contribution in [0.5, 0.6) is 0 Å². The molecule has 0 bridgehead atoms. The van der Waals surface area contributed by atoms with Gasteiger partial charge in [-0.3, -0.25) is 4.79 Å². The van der Waals surface area contributed by atoms with Crippen molar-refractivity contribution in [3.8, 4) is 0 Å². The minimum atomic E-state index is -0.275. The van der Waals surface area contributed by atoms with E-state index in [4.69, 9.17) is 0 Å². The van der Waals surface area contributed by atoms with Gasteiger partial charge in [0.25, 0.3) is 0 Å². The molecule has 0 unspecified atom stereocenters. The third kappa shape index (κ3) is 2.78. The van der Waals surface area contributed by atoms with E-state index < -0.39 is 0 Å². The zero-order chi connectivity index (χ0) is 14.8. The molecule has 1 saturated heterocycles. The van der Waals surface area contributed by atoms with E-state index in [1.807, 2.05) is 11.0 Å². The third-order valence-electron chi connectivity index (χ3n) is 4.26. The van der Waals surface area contributed by atoms with Crippen LogP contribution in [0.1, 0.15) is 12.5 Å². The van der Waals surface area contributed by atoms with Crippen LogP contribution in [0.25, 0.3) is 10.9 Å². The van der Waals surface area contributed by atoms with Gasteiger partial charge in [-0.2, -0.15) is 0 Å². The smallest absolute Gasteiger partial charge is 0.227 e. The Bertz CT molecular complexity index is 644. The molecule has 1 aliphatic rings. The van der Waals surface area contributed by atoms with Crippen LogP contribution in [-0.4, -0.2) is 53.4 Å². The summed E-state index contributed by atoms with van der Waals surface area (Å²) >= 11 is 0. The lowest BCUT2D eigenvalue weighted by Crippen LogP contribution is -2.48. The van der Waals surface area contributed by atoms with E-state index in [1.54, 1.807) is 12.3 Å².